The minimum absolute atomic E-state index is 0.545. The van der Waals surface area contributed by atoms with Crippen LogP contribution < -0.4 is 0 Å². The maximum absolute atomic E-state index is 4.84. The molecule has 0 N–H and O–H groups in total. The van der Waals surface area contributed by atoms with Crippen LogP contribution in [0.2, 0.25) is 0 Å². The second-order valence-corrected chi connectivity index (χ2v) is 7.37. The van der Waals surface area contributed by atoms with Gasteiger partial charge in [0, 0.05) is 11.4 Å². The minimum atomic E-state index is 0.545. The first-order valence-electron chi connectivity index (χ1n) is 10.2. The summed E-state index contributed by atoms with van der Waals surface area (Å²) in [4.78, 5) is 9.62. The molecule has 2 heteroatoms. The van der Waals surface area contributed by atoms with Crippen molar-refractivity contribution in [3.8, 4) is 0 Å². The third-order valence-corrected chi connectivity index (χ3v) is 4.88. The Hall–Kier alpha value is -3.52. The van der Waals surface area contributed by atoms with Gasteiger partial charge in [-0.1, -0.05) is 85.5 Å². The van der Waals surface area contributed by atoms with Crippen molar-refractivity contribution in [1.82, 2.24) is 0 Å². The third kappa shape index (κ3) is 5.99. The lowest BCUT2D eigenvalue weighted by Gasteiger charge is -2.11. The zero-order chi connectivity index (χ0) is 21.3. The van der Waals surface area contributed by atoms with E-state index in [1.165, 1.54) is 0 Å². The van der Waals surface area contributed by atoms with Gasteiger partial charge in [0.25, 0.3) is 0 Å². The summed E-state index contributed by atoms with van der Waals surface area (Å²) in [5.41, 5.74) is 8.32. The predicted molar refractivity (Wildman–Crippen MR) is 132 cm³/mol. The summed E-state index contributed by atoms with van der Waals surface area (Å²) in [5, 5.41) is 0. The van der Waals surface area contributed by atoms with Gasteiger partial charge in [0.2, 0.25) is 0 Å². The molecule has 0 bridgehead atoms. The molecular weight excluding hydrogens is 364 g/mol. The van der Waals surface area contributed by atoms with Gasteiger partial charge in [-0.15, -0.1) is 0 Å². The molecule has 0 saturated carbocycles. The van der Waals surface area contributed by atoms with E-state index < -0.39 is 0 Å². The molecule has 0 spiro atoms. The molecule has 1 aliphatic heterocycles. The smallest absolute Gasteiger partial charge is 0.0817 e. The Kier molecular flexibility index (Phi) is 7.29. The summed E-state index contributed by atoms with van der Waals surface area (Å²) in [5.74, 6) is 0. The molecule has 0 fully saturated rings. The van der Waals surface area contributed by atoms with E-state index in [1.807, 2.05) is 56.3 Å². The van der Waals surface area contributed by atoms with Crippen molar-refractivity contribution in [2.24, 2.45) is 9.98 Å². The monoisotopic (exact) mass is 392 g/mol. The number of hydrogen-bond donors (Lipinski definition) is 0. The molecule has 0 saturated heterocycles. The highest BCUT2D eigenvalue weighted by Crippen LogP contribution is 2.24. The van der Waals surface area contributed by atoms with E-state index in [2.05, 4.69) is 62.1 Å². The van der Waals surface area contributed by atoms with Crippen molar-refractivity contribution in [3.63, 3.8) is 0 Å². The van der Waals surface area contributed by atoms with E-state index in [4.69, 9.17) is 9.98 Å². The number of aliphatic imine (C=N–C) groups is 2. The molecule has 150 valence electrons. The van der Waals surface area contributed by atoms with Gasteiger partial charge in [0.05, 0.1) is 12.2 Å². The predicted octanol–water partition coefficient (Wildman–Crippen LogP) is 7.11. The molecule has 0 amide bonds. The largest absolute Gasteiger partial charge is 0.284 e. The van der Waals surface area contributed by atoms with Crippen LogP contribution >= 0.6 is 0 Å². The average molecular weight is 393 g/mol. The first-order valence-corrected chi connectivity index (χ1v) is 10.2. The van der Waals surface area contributed by atoms with E-state index in [0.717, 1.165) is 45.0 Å². The van der Waals surface area contributed by atoms with E-state index in [1.54, 1.807) is 0 Å². The van der Waals surface area contributed by atoms with Crippen molar-refractivity contribution in [2.75, 3.05) is 6.54 Å². The molecular formula is C28H28N2. The Bertz CT molecular complexity index is 1080. The van der Waals surface area contributed by atoms with Crippen LogP contribution in [0.15, 0.2) is 118 Å². The van der Waals surface area contributed by atoms with Gasteiger partial charge >= 0.3 is 0 Å². The zero-order valence-corrected chi connectivity index (χ0v) is 18.0. The third-order valence-electron chi connectivity index (χ3n) is 4.88. The van der Waals surface area contributed by atoms with Crippen LogP contribution in [0.1, 0.15) is 31.9 Å². The van der Waals surface area contributed by atoms with E-state index in [9.17, 15) is 0 Å². The van der Waals surface area contributed by atoms with Gasteiger partial charge < -0.3 is 0 Å². The molecule has 0 aromatic heterocycles. The summed E-state index contributed by atoms with van der Waals surface area (Å²) in [6, 6.07) is 20.6. The van der Waals surface area contributed by atoms with Crippen LogP contribution in [0.4, 0.5) is 0 Å². The lowest BCUT2D eigenvalue weighted by molar-refractivity contribution is 1.07. The van der Waals surface area contributed by atoms with Gasteiger partial charge in [-0.2, -0.15) is 0 Å². The Balaban J connectivity index is 1.88. The van der Waals surface area contributed by atoms with Gasteiger partial charge in [0.1, 0.15) is 0 Å². The number of hydrogen-bond acceptors (Lipinski definition) is 2. The summed E-state index contributed by atoms with van der Waals surface area (Å²) >= 11 is 0. The fraction of sp³-hybridized carbons (Fsp3) is 0.143. The number of nitrogens with zero attached hydrogens (tertiary/aromatic N) is 2. The Labute approximate surface area is 180 Å². The highest BCUT2D eigenvalue weighted by atomic mass is 14.8. The molecule has 1 aliphatic rings. The highest BCUT2D eigenvalue weighted by Gasteiger charge is 2.07. The lowest BCUT2D eigenvalue weighted by Crippen LogP contribution is -2.00. The molecule has 0 atom stereocenters. The average Bonchev–Trinajstić information content (AvgIpc) is 2.77. The van der Waals surface area contributed by atoms with Crippen LogP contribution in [-0.2, 0) is 0 Å². The maximum atomic E-state index is 4.84. The van der Waals surface area contributed by atoms with Crippen LogP contribution in [0.25, 0.3) is 11.6 Å². The molecule has 2 nitrogen and oxygen atoms in total. The van der Waals surface area contributed by atoms with Crippen LogP contribution in [-0.4, -0.2) is 18.0 Å². The summed E-state index contributed by atoms with van der Waals surface area (Å²) in [6.07, 6.45) is 10.4. The van der Waals surface area contributed by atoms with Crippen molar-refractivity contribution >= 4 is 23.1 Å². The molecule has 0 aliphatic carbocycles. The number of rotatable bonds is 4. The number of allylic oxidation sites excluding steroid dienone is 7. The summed E-state index contributed by atoms with van der Waals surface area (Å²) in [7, 11) is 0. The van der Waals surface area contributed by atoms with E-state index in [0.29, 0.717) is 6.54 Å². The van der Waals surface area contributed by atoms with E-state index >= 15 is 0 Å². The minimum Gasteiger partial charge on any atom is -0.284 e. The molecule has 1 heterocycles. The van der Waals surface area contributed by atoms with Gasteiger partial charge in [0.15, 0.2) is 0 Å². The maximum Gasteiger partial charge on any atom is 0.0817 e. The van der Waals surface area contributed by atoms with Gasteiger partial charge in [-0.05, 0) is 60.8 Å². The topological polar surface area (TPSA) is 24.7 Å². The summed E-state index contributed by atoms with van der Waals surface area (Å²) in [6.45, 7) is 11.0. The second-order valence-electron chi connectivity index (χ2n) is 7.37. The fourth-order valence-electron chi connectivity index (χ4n) is 3.12. The Morgan fingerprint density at radius 1 is 0.967 bits per heavy atom. The standard InChI is InChI=1S/C28H28N2/c1-21-15-16-22(2)28(30-23(3)17-18-25-11-7-5-8-12-25)20-29-24(4)19-27(21)26-13-9-6-10-14-26/h5-19H,1,20H2,2-4H3/b16-15-,18-17+,27-19+,28-22+,29-24?,30-23-. The van der Waals surface area contributed by atoms with Crippen LogP contribution in [0.3, 0.4) is 0 Å². The SMILES string of the molecule is C=C1\C=C/C(C)=C(/N=C(C)\C=C\c2ccccc2)CN=C(C)/C=C\1c1ccccc1. The van der Waals surface area contributed by atoms with Crippen molar-refractivity contribution in [1.29, 1.82) is 0 Å². The van der Waals surface area contributed by atoms with Crippen LogP contribution in [0, 0.1) is 0 Å². The van der Waals surface area contributed by atoms with Crippen molar-refractivity contribution in [3.05, 3.63) is 120 Å². The van der Waals surface area contributed by atoms with Crippen LogP contribution in [0.5, 0.6) is 0 Å². The lowest BCUT2D eigenvalue weighted by atomic mass is 9.96. The molecule has 30 heavy (non-hydrogen) atoms. The molecule has 0 unspecified atom stereocenters. The molecule has 0 radical (unpaired) electrons. The first kappa shape index (κ1) is 21.2. The number of benzene rings is 2. The van der Waals surface area contributed by atoms with Gasteiger partial charge in [-0.3, -0.25) is 9.98 Å². The quantitative estimate of drug-likeness (QED) is 0.496. The molecule has 2 aromatic carbocycles. The van der Waals surface area contributed by atoms with E-state index in [-0.39, 0.29) is 0 Å². The first-order chi connectivity index (χ1) is 14.5. The van der Waals surface area contributed by atoms with Gasteiger partial charge in [-0.25, -0.2) is 0 Å². The van der Waals surface area contributed by atoms with Crippen molar-refractivity contribution in [2.45, 2.75) is 20.8 Å². The molecule has 3 rings (SSSR count). The Morgan fingerprint density at radius 2 is 1.63 bits per heavy atom. The Morgan fingerprint density at radius 3 is 2.33 bits per heavy atom. The zero-order valence-electron chi connectivity index (χ0n) is 18.0. The normalized spacial score (nSPS) is 21.2. The second kappa shape index (κ2) is 10.3. The summed E-state index contributed by atoms with van der Waals surface area (Å²) < 4.78 is 0. The fourth-order valence-corrected chi connectivity index (χ4v) is 3.12. The van der Waals surface area contributed by atoms with Crippen molar-refractivity contribution < 1.29 is 0 Å². The molecule has 2 aromatic rings. The highest BCUT2D eigenvalue weighted by molar-refractivity contribution is 6.03.